The zero-order valence-corrected chi connectivity index (χ0v) is 17.3. The van der Waals surface area contributed by atoms with Crippen molar-refractivity contribution < 1.29 is 0 Å². The van der Waals surface area contributed by atoms with Crippen molar-refractivity contribution in [3.8, 4) is 22.3 Å². The van der Waals surface area contributed by atoms with Crippen LogP contribution >= 0.6 is 15.9 Å². The van der Waals surface area contributed by atoms with Gasteiger partial charge in [0.1, 0.15) is 0 Å². The molecule has 0 aliphatic heterocycles. The maximum Gasteiger partial charge on any atom is 0.0175 e. The number of hydrogen-bond acceptors (Lipinski definition) is 0. The highest BCUT2D eigenvalue weighted by molar-refractivity contribution is 9.10. The van der Waals surface area contributed by atoms with Crippen molar-refractivity contribution in [3.05, 3.63) is 113 Å². The maximum absolute atomic E-state index is 3.86. The predicted molar refractivity (Wildman–Crippen MR) is 123 cm³/mol. The topological polar surface area (TPSA) is 0 Å². The van der Waals surface area contributed by atoms with E-state index < -0.39 is 0 Å². The highest BCUT2D eigenvalue weighted by Gasteiger charge is 2.07. The second-order valence-corrected chi connectivity index (χ2v) is 7.39. The fourth-order valence-electron chi connectivity index (χ4n) is 3.17. The third-order valence-corrected chi connectivity index (χ3v) is 5.09. The van der Waals surface area contributed by atoms with E-state index in [9.17, 15) is 0 Å². The van der Waals surface area contributed by atoms with Crippen molar-refractivity contribution in [1.82, 2.24) is 0 Å². The van der Waals surface area contributed by atoms with Gasteiger partial charge in [0.05, 0.1) is 0 Å². The Hall–Kier alpha value is -2.64. The molecule has 0 saturated heterocycles. The van der Waals surface area contributed by atoms with Crippen molar-refractivity contribution >= 4 is 21.5 Å². The molecule has 27 heavy (non-hydrogen) atoms. The molecule has 0 atom stereocenters. The van der Waals surface area contributed by atoms with Crippen LogP contribution in [0.5, 0.6) is 0 Å². The summed E-state index contributed by atoms with van der Waals surface area (Å²) in [6, 6.07) is 23.8. The minimum absolute atomic E-state index is 1.09. The summed E-state index contributed by atoms with van der Waals surface area (Å²) in [5.41, 5.74) is 8.54. The molecular formula is C26H23Br. The van der Waals surface area contributed by atoms with Gasteiger partial charge in [-0.2, -0.15) is 0 Å². The molecule has 0 nitrogen and oxygen atoms in total. The van der Waals surface area contributed by atoms with Gasteiger partial charge in [0.15, 0.2) is 0 Å². The van der Waals surface area contributed by atoms with Gasteiger partial charge >= 0.3 is 0 Å². The lowest BCUT2D eigenvalue weighted by Crippen LogP contribution is -1.89. The van der Waals surface area contributed by atoms with Crippen molar-refractivity contribution in [2.24, 2.45) is 0 Å². The Kier molecular flexibility index (Phi) is 6.26. The summed E-state index contributed by atoms with van der Waals surface area (Å²) in [7, 11) is 0. The van der Waals surface area contributed by atoms with Gasteiger partial charge in [-0.15, -0.1) is 0 Å². The molecule has 0 aliphatic rings. The molecule has 0 aromatic heterocycles. The Bertz CT molecular complexity index is 1000. The summed E-state index contributed by atoms with van der Waals surface area (Å²) < 4.78 is 1.09. The Morgan fingerprint density at radius 1 is 0.852 bits per heavy atom. The maximum atomic E-state index is 3.86. The molecule has 0 unspecified atom stereocenters. The Balaban J connectivity index is 2.06. The molecule has 0 heterocycles. The van der Waals surface area contributed by atoms with Crippen LogP contribution < -0.4 is 0 Å². The second kappa shape index (κ2) is 8.83. The molecule has 0 spiro atoms. The first-order chi connectivity index (χ1) is 13.1. The molecule has 3 rings (SSSR count). The first kappa shape index (κ1) is 19.1. The van der Waals surface area contributed by atoms with E-state index in [1.54, 1.807) is 0 Å². The lowest BCUT2D eigenvalue weighted by atomic mass is 9.93. The quantitative estimate of drug-likeness (QED) is 0.368. The van der Waals surface area contributed by atoms with E-state index in [1.165, 1.54) is 39.0 Å². The van der Waals surface area contributed by atoms with E-state index in [0.29, 0.717) is 0 Å². The molecule has 0 aliphatic carbocycles. The fraction of sp³-hybridized carbons (Fsp3) is 0.0769. The van der Waals surface area contributed by atoms with E-state index in [-0.39, 0.29) is 0 Å². The van der Waals surface area contributed by atoms with Crippen molar-refractivity contribution in [2.45, 2.75) is 13.8 Å². The van der Waals surface area contributed by atoms with Gasteiger partial charge in [-0.05, 0) is 77.1 Å². The van der Waals surface area contributed by atoms with Crippen LogP contribution in [-0.4, -0.2) is 0 Å². The zero-order valence-electron chi connectivity index (χ0n) is 15.7. The summed E-state index contributed by atoms with van der Waals surface area (Å²) in [4.78, 5) is 0. The van der Waals surface area contributed by atoms with Crippen molar-refractivity contribution in [1.29, 1.82) is 0 Å². The average molecular weight is 415 g/mol. The number of hydrogen-bond donors (Lipinski definition) is 0. The van der Waals surface area contributed by atoms with Gasteiger partial charge in [0, 0.05) is 4.47 Å². The van der Waals surface area contributed by atoms with Gasteiger partial charge in [-0.1, -0.05) is 89.3 Å². The molecule has 3 aromatic rings. The number of rotatable bonds is 5. The molecule has 1 heteroatoms. The van der Waals surface area contributed by atoms with Crippen LogP contribution in [0.1, 0.15) is 18.1 Å². The standard InChI is InChI=1S/C26H23Br/c1-4-7-21(8-5-2)26-18-24(12-11-19(26)3)23-10-6-9-22(17-23)20-13-15-25(27)16-14-20/h4-18H,1H2,2-3H3/b8-5-,21-7+. The Labute approximate surface area is 170 Å². The van der Waals surface area contributed by atoms with Gasteiger partial charge in [0.25, 0.3) is 0 Å². The summed E-state index contributed by atoms with van der Waals surface area (Å²) in [6.07, 6.45) is 8.10. The first-order valence-electron chi connectivity index (χ1n) is 9.05. The lowest BCUT2D eigenvalue weighted by Gasteiger charge is -2.12. The van der Waals surface area contributed by atoms with Crippen LogP contribution in [-0.2, 0) is 0 Å². The number of benzene rings is 3. The minimum Gasteiger partial charge on any atom is -0.0990 e. The first-order valence-corrected chi connectivity index (χ1v) is 9.84. The van der Waals surface area contributed by atoms with E-state index >= 15 is 0 Å². The average Bonchev–Trinajstić information content (AvgIpc) is 2.69. The lowest BCUT2D eigenvalue weighted by molar-refractivity contribution is 1.42. The van der Waals surface area contributed by atoms with Crippen LogP contribution in [0.15, 0.2) is 102 Å². The molecule has 0 radical (unpaired) electrons. The number of halogens is 1. The third-order valence-electron chi connectivity index (χ3n) is 4.57. The van der Waals surface area contributed by atoms with Crippen LogP contribution in [0.3, 0.4) is 0 Å². The van der Waals surface area contributed by atoms with Gasteiger partial charge in [-0.3, -0.25) is 0 Å². The monoisotopic (exact) mass is 414 g/mol. The molecule has 0 bridgehead atoms. The SMILES string of the molecule is C=C/C=C(\C=C/C)c1cc(-c2cccc(-c3ccc(Br)cc3)c2)ccc1C. The molecular weight excluding hydrogens is 392 g/mol. The second-order valence-electron chi connectivity index (χ2n) is 6.48. The predicted octanol–water partition coefficient (Wildman–Crippen LogP) is 8.24. The smallest absolute Gasteiger partial charge is 0.0175 e. The molecule has 0 saturated carbocycles. The van der Waals surface area contributed by atoms with Gasteiger partial charge < -0.3 is 0 Å². The summed E-state index contributed by atoms with van der Waals surface area (Å²) in [5, 5.41) is 0. The molecule has 0 fully saturated rings. The zero-order chi connectivity index (χ0) is 19.2. The van der Waals surface area contributed by atoms with Crippen LogP contribution in [0.2, 0.25) is 0 Å². The highest BCUT2D eigenvalue weighted by atomic mass is 79.9. The highest BCUT2D eigenvalue weighted by Crippen LogP contribution is 2.30. The fourth-order valence-corrected chi connectivity index (χ4v) is 3.44. The largest absolute Gasteiger partial charge is 0.0990 e. The van der Waals surface area contributed by atoms with E-state index in [0.717, 1.165) is 4.47 Å². The molecule has 134 valence electrons. The number of allylic oxidation sites excluding steroid dienone is 5. The van der Waals surface area contributed by atoms with Crippen LogP contribution in [0.25, 0.3) is 27.8 Å². The van der Waals surface area contributed by atoms with Crippen molar-refractivity contribution in [2.75, 3.05) is 0 Å². The van der Waals surface area contributed by atoms with Crippen LogP contribution in [0.4, 0.5) is 0 Å². The van der Waals surface area contributed by atoms with E-state index in [2.05, 4.69) is 114 Å². The van der Waals surface area contributed by atoms with Gasteiger partial charge in [0.2, 0.25) is 0 Å². The molecule has 0 amide bonds. The summed E-state index contributed by atoms with van der Waals surface area (Å²) >= 11 is 3.50. The normalized spacial score (nSPS) is 11.7. The number of aryl methyl sites for hydroxylation is 1. The molecule has 3 aromatic carbocycles. The summed E-state index contributed by atoms with van der Waals surface area (Å²) in [5.74, 6) is 0. The Morgan fingerprint density at radius 2 is 1.48 bits per heavy atom. The minimum atomic E-state index is 1.09. The third kappa shape index (κ3) is 4.56. The Morgan fingerprint density at radius 3 is 2.15 bits per heavy atom. The molecule has 0 N–H and O–H groups in total. The van der Waals surface area contributed by atoms with Crippen molar-refractivity contribution in [3.63, 3.8) is 0 Å². The summed E-state index contributed by atoms with van der Waals surface area (Å²) in [6.45, 7) is 8.05. The van der Waals surface area contributed by atoms with E-state index in [1.807, 2.05) is 13.0 Å². The van der Waals surface area contributed by atoms with E-state index in [4.69, 9.17) is 0 Å². The van der Waals surface area contributed by atoms with Crippen LogP contribution in [0, 0.1) is 6.92 Å². The van der Waals surface area contributed by atoms with Gasteiger partial charge in [-0.25, -0.2) is 0 Å².